The number of hydrogen-bond donors (Lipinski definition) is 2. The summed E-state index contributed by atoms with van der Waals surface area (Å²) in [6, 6.07) is 15.1. The van der Waals surface area contributed by atoms with Crippen LogP contribution in [0, 0.1) is 0 Å². The summed E-state index contributed by atoms with van der Waals surface area (Å²) in [6.45, 7) is 1.68. The van der Waals surface area contributed by atoms with Crippen molar-refractivity contribution in [3.63, 3.8) is 0 Å². The Hall–Kier alpha value is -3.04. The van der Waals surface area contributed by atoms with Crippen molar-refractivity contribution in [2.75, 3.05) is 18.4 Å². The number of aromatic nitrogens is 1. The molecule has 3 aromatic rings. The predicted octanol–water partition coefficient (Wildman–Crippen LogP) is 4.86. The minimum atomic E-state index is -4.55. The molecular weight excluding hydrogens is 447 g/mol. The highest BCUT2D eigenvalue weighted by atomic mass is 35.5. The maximum Gasteiger partial charge on any atom is 0.396 e. The van der Waals surface area contributed by atoms with Gasteiger partial charge in [-0.15, -0.1) is 12.4 Å². The van der Waals surface area contributed by atoms with E-state index in [-0.39, 0.29) is 24.4 Å². The smallest absolute Gasteiger partial charge is 0.396 e. The fraction of sp³-hybridized carbons (Fsp3) is 0.273. The van der Waals surface area contributed by atoms with Gasteiger partial charge in [-0.05, 0) is 49.4 Å². The molecule has 4 rings (SSSR count). The van der Waals surface area contributed by atoms with Gasteiger partial charge in [0.15, 0.2) is 5.69 Å². The number of alkyl halides is 3. The third kappa shape index (κ3) is 6.02. The van der Waals surface area contributed by atoms with Crippen LogP contribution in [0.5, 0.6) is 5.75 Å². The van der Waals surface area contributed by atoms with Crippen molar-refractivity contribution in [3.8, 4) is 17.2 Å². The average Bonchev–Trinajstić information content (AvgIpc) is 3.39. The highest BCUT2D eigenvalue weighted by Gasteiger charge is 2.34. The number of benzene rings is 2. The molecule has 0 unspecified atom stereocenters. The van der Waals surface area contributed by atoms with Gasteiger partial charge in [0.1, 0.15) is 24.0 Å². The lowest BCUT2D eigenvalue weighted by Crippen LogP contribution is -2.19. The molecule has 1 saturated heterocycles. The summed E-state index contributed by atoms with van der Waals surface area (Å²) in [5.74, 6) is -0.701. The Labute approximate surface area is 188 Å². The molecule has 1 amide bonds. The lowest BCUT2D eigenvalue weighted by Gasteiger charge is -2.13. The summed E-state index contributed by atoms with van der Waals surface area (Å²) < 4.78 is 50.1. The summed E-state index contributed by atoms with van der Waals surface area (Å²) in [7, 11) is 0. The fourth-order valence-corrected chi connectivity index (χ4v) is 3.26. The van der Waals surface area contributed by atoms with Gasteiger partial charge in [0, 0.05) is 17.8 Å². The van der Waals surface area contributed by atoms with Crippen molar-refractivity contribution in [2.45, 2.75) is 25.1 Å². The highest BCUT2D eigenvalue weighted by molar-refractivity contribution is 6.03. The molecule has 0 spiro atoms. The van der Waals surface area contributed by atoms with Gasteiger partial charge < -0.3 is 19.8 Å². The number of carbonyl (C=O) groups is 1. The summed E-state index contributed by atoms with van der Waals surface area (Å²) in [6.07, 6.45) is -4.93. The zero-order chi connectivity index (χ0) is 21.8. The molecule has 6 nitrogen and oxygen atoms in total. The van der Waals surface area contributed by atoms with E-state index in [0.29, 0.717) is 17.0 Å². The Bertz CT molecular complexity index is 1030. The Morgan fingerprint density at radius 2 is 1.88 bits per heavy atom. The van der Waals surface area contributed by atoms with Gasteiger partial charge in [-0.25, -0.2) is 4.98 Å². The predicted molar refractivity (Wildman–Crippen MR) is 115 cm³/mol. The molecule has 0 saturated carbocycles. The summed E-state index contributed by atoms with van der Waals surface area (Å²) >= 11 is 0. The number of nitrogens with one attached hydrogen (secondary N) is 2. The van der Waals surface area contributed by atoms with Crippen LogP contribution in [-0.4, -0.2) is 36.3 Å². The Morgan fingerprint density at radius 3 is 2.50 bits per heavy atom. The molecule has 2 aromatic carbocycles. The molecule has 2 N–H and O–H groups in total. The SMILES string of the molecule is Cl.O=C(Nc1ccc(O[C@H]2CCNC2)cc1)c1nc(-c2ccccc2)oc1CC(F)(F)F. The fourth-order valence-electron chi connectivity index (χ4n) is 3.26. The van der Waals surface area contributed by atoms with Crippen LogP contribution in [0.25, 0.3) is 11.5 Å². The number of hydrogen-bond acceptors (Lipinski definition) is 5. The second kappa shape index (κ2) is 10.1. The Morgan fingerprint density at radius 1 is 1.16 bits per heavy atom. The molecule has 1 aliphatic rings. The van der Waals surface area contributed by atoms with E-state index < -0.39 is 30.0 Å². The van der Waals surface area contributed by atoms with E-state index in [1.165, 1.54) is 0 Å². The van der Waals surface area contributed by atoms with Gasteiger partial charge in [-0.1, -0.05) is 18.2 Å². The second-order valence-electron chi connectivity index (χ2n) is 7.16. The molecule has 1 fully saturated rings. The van der Waals surface area contributed by atoms with Crippen LogP contribution in [0.1, 0.15) is 22.7 Å². The van der Waals surface area contributed by atoms with Crippen molar-refractivity contribution in [3.05, 3.63) is 66.1 Å². The van der Waals surface area contributed by atoms with Crippen LogP contribution < -0.4 is 15.4 Å². The average molecular weight is 468 g/mol. The summed E-state index contributed by atoms with van der Waals surface area (Å²) in [5.41, 5.74) is 0.491. The molecule has 0 radical (unpaired) electrons. The normalized spacial score (nSPS) is 15.8. The van der Waals surface area contributed by atoms with Crippen LogP contribution in [0.2, 0.25) is 0 Å². The maximum absolute atomic E-state index is 13.0. The Balaban J connectivity index is 0.00000289. The lowest BCUT2D eigenvalue weighted by atomic mass is 10.2. The molecule has 1 aromatic heterocycles. The Kier molecular flexibility index (Phi) is 7.42. The second-order valence-corrected chi connectivity index (χ2v) is 7.16. The molecule has 2 heterocycles. The molecule has 10 heteroatoms. The van der Waals surface area contributed by atoms with Crippen molar-refractivity contribution in [1.82, 2.24) is 10.3 Å². The molecule has 0 bridgehead atoms. The first-order valence-electron chi connectivity index (χ1n) is 9.78. The third-order valence-electron chi connectivity index (χ3n) is 4.72. The standard InChI is InChI=1S/C22H20F3N3O3.ClH/c23-22(24,25)12-18-19(28-21(31-18)14-4-2-1-3-5-14)20(29)27-15-6-8-16(9-7-15)30-17-10-11-26-13-17;/h1-9,17,26H,10-13H2,(H,27,29);1H/t17-;/m0./s1. The summed E-state index contributed by atoms with van der Waals surface area (Å²) in [4.78, 5) is 16.7. The molecule has 1 atom stereocenters. The van der Waals surface area contributed by atoms with Gasteiger partial charge in [-0.3, -0.25) is 4.79 Å². The first-order valence-corrected chi connectivity index (χ1v) is 9.78. The first-order chi connectivity index (χ1) is 14.9. The number of carbonyl (C=O) groups excluding carboxylic acids is 1. The minimum Gasteiger partial charge on any atom is -0.489 e. The van der Waals surface area contributed by atoms with Gasteiger partial charge in [0.2, 0.25) is 5.89 Å². The van der Waals surface area contributed by atoms with Gasteiger partial charge in [0.25, 0.3) is 5.91 Å². The molecular formula is C22H21ClF3N3O3. The number of amides is 1. The largest absolute Gasteiger partial charge is 0.489 e. The van der Waals surface area contributed by atoms with E-state index in [1.54, 1.807) is 54.6 Å². The number of halogens is 4. The number of ether oxygens (including phenoxy) is 1. The van der Waals surface area contributed by atoms with E-state index in [2.05, 4.69) is 15.6 Å². The van der Waals surface area contributed by atoms with E-state index in [4.69, 9.17) is 9.15 Å². The van der Waals surface area contributed by atoms with E-state index in [1.807, 2.05) is 0 Å². The van der Waals surface area contributed by atoms with E-state index in [9.17, 15) is 18.0 Å². The van der Waals surface area contributed by atoms with Crippen LogP contribution in [0.15, 0.2) is 59.0 Å². The van der Waals surface area contributed by atoms with Crippen molar-refractivity contribution < 1.29 is 27.1 Å². The van der Waals surface area contributed by atoms with E-state index >= 15 is 0 Å². The third-order valence-corrected chi connectivity index (χ3v) is 4.72. The monoisotopic (exact) mass is 467 g/mol. The lowest BCUT2D eigenvalue weighted by molar-refractivity contribution is -0.130. The number of rotatable bonds is 6. The number of oxazole rings is 1. The van der Waals surface area contributed by atoms with E-state index in [0.717, 1.165) is 19.5 Å². The van der Waals surface area contributed by atoms with Crippen LogP contribution >= 0.6 is 12.4 Å². The van der Waals surface area contributed by atoms with Crippen LogP contribution in [0.4, 0.5) is 18.9 Å². The van der Waals surface area contributed by atoms with Crippen molar-refractivity contribution >= 4 is 24.0 Å². The zero-order valence-electron chi connectivity index (χ0n) is 16.8. The minimum absolute atomic E-state index is 0. The quantitative estimate of drug-likeness (QED) is 0.541. The maximum atomic E-state index is 13.0. The highest BCUT2D eigenvalue weighted by Crippen LogP contribution is 2.29. The van der Waals surface area contributed by atoms with Gasteiger partial charge in [0.05, 0.1) is 0 Å². The topological polar surface area (TPSA) is 76.4 Å². The zero-order valence-corrected chi connectivity index (χ0v) is 17.6. The summed E-state index contributed by atoms with van der Waals surface area (Å²) in [5, 5.41) is 5.78. The molecule has 1 aliphatic heterocycles. The number of nitrogens with zero attached hydrogens (tertiary/aromatic N) is 1. The number of anilines is 1. The van der Waals surface area contributed by atoms with Crippen LogP contribution in [-0.2, 0) is 6.42 Å². The van der Waals surface area contributed by atoms with Gasteiger partial charge >= 0.3 is 6.18 Å². The van der Waals surface area contributed by atoms with Crippen LogP contribution in [0.3, 0.4) is 0 Å². The first kappa shape index (κ1) is 23.6. The molecule has 32 heavy (non-hydrogen) atoms. The molecule has 170 valence electrons. The van der Waals surface area contributed by atoms with Crippen molar-refractivity contribution in [2.24, 2.45) is 0 Å². The molecule has 0 aliphatic carbocycles. The van der Waals surface area contributed by atoms with Gasteiger partial charge in [-0.2, -0.15) is 13.2 Å². The van der Waals surface area contributed by atoms with Crippen molar-refractivity contribution in [1.29, 1.82) is 0 Å².